The summed E-state index contributed by atoms with van der Waals surface area (Å²) in [6.07, 6.45) is -0.708. The second-order valence-corrected chi connectivity index (χ2v) is 8.59. The number of hydrogen-bond acceptors (Lipinski definition) is 6. The molecule has 4 rings (SSSR count). The number of fused-ring (bicyclic) bond motifs is 1. The number of aromatic nitrogens is 3. The molecular weight excluding hydrogens is 479 g/mol. The lowest BCUT2D eigenvalue weighted by molar-refractivity contribution is -0.137. The van der Waals surface area contributed by atoms with Crippen LogP contribution in [-0.2, 0) is 12.6 Å². The average Bonchev–Trinajstić information content (AvgIpc) is 3.02. The van der Waals surface area contributed by atoms with Gasteiger partial charge >= 0.3 is 18.2 Å². The van der Waals surface area contributed by atoms with Crippen molar-refractivity contribution >= 4 is 30.3 Å². The highest BCUT2D eigenvalue weighted by molar-refractivity contribution is 7.80. The van der Waals surface area contributed by atoms with Crippen molar-refractivity contribution in [1.29, 1.82) is 0 Å². The van der Waals surface area contributed by atoms with E-state index >= 15 is 0 Å². The number of methoxy groups -OCH3 is 1. The first-order chi connectivity index (χ1) is 16.8. The minimum atomic E-state index is -4.47. The lowest BCUT2D eigenvalue weighted by atomic mass is 9.95. The summed E-state index contributed by atoms with van der Waals surface area (Å²) in [6, 6.07) is 9.73. The summed E-state index contributed by atoms with van der Waals surface area (Å²) >= 11 is 4.35. The van der Waals surface area contributed by atoms with Crippen molar-refractivity contribution in [2.45, 2.75) is 25.4 Å². The lowest BCUT2D eigenvalue weighted by Crippen LogP contribution is -2.37. The van der Waals surface area contributed by atoms with E-state index in [0.29, 0.717) is 41.7 Å². The van der Waals surface area contributed by atoms with Crippen LogP contribution in [0, 0.1) is 5.92 Å². The maximum atomic E-state index is 13.3. The standard InChI is InChI=1S/C24H24F3N5O2S/c1-34-22-28-10-7-20(30-22)31-23(33)32-11-8-15(9-12-35)13-17-5-6-19(29-21(17)32)16-3-2-4-18(14-16)24(25,26)27/h2-7,10,14-15,35H,8-9,11-13H2,1H3,(H,28,30,31,33). The molecule has 0 fully saturated rings. The van der Waals surface area contributed by atoms with Crippen molar-refractivity contribution in [2.24, 2.45) is 5.92 Å². The van der Waals surface area contributed by atoms with Crippen molar-refractivity contribution in [1.82, 2.24) is 15.0 Å². The van der Waals surface area contributed by atoms with Crippen molar-refractivity contribution in [3.05, 3.63) is 59.8 Å². The number of urea groups is 1. The van der Waals surface area contributed by atoms with Gasteiger partial charge in [-0.05, 0) is 60.8 Å². The maximum absolute atomic E-state index is 13.3. The summed E-state index contributed by atoms with van der Waals surface area (Å²) in [6.45, 7) is 0.387. The Labute approximate surface area is 206 Å². The number of nitrogens with zero attached hydrogens (tertiary/aromatic N) is 4. The summed E-state index contributed by atoms with van der Waals surface area (Å²) in [5.41, 5.74) is 0.761. The van der Waals surface area contributed by atoms with E-state index in [0.717, 1.165) is 30.5 Å². The Morgan fingerprint density at radius 3 is 2.80 bits per heavy atom. The van der Waals surface area contributed by atoms with E-state index in [2.05, 4.69) is 32.9 Å². The minimum Gasteiger partial charge on any atom is -0.467 e. The molecule has 3 heterocycles. The second-order valence-electron chi connectivity index (χ2n) is 8.14. The molecule has 11 heteroatoms. The van der Waals surface area contributed by atoms with Crippen LogP contribution >= 0.6 is 12.6 Å². The first-order valence-corrected chi connectivity index (χ1v) is 11.7. The fraction of sp³-hybridized carbons (Fsp3) is 0.333. The third-order valence-electron chi connectivity index (χ3n) is 5.80. The normalized spacial score (nSPS) is 15.8. The van der Waals surface area contributed by atoms with Crippen LogP contribution in [-0.4, -0.2) is 40.4 Å². The highest BCUT2D eigenvalue weighted by atomic mass is 32.1. The number of anilines is 2. The van der Waals surface area contributed by atoms with Gasteiger partial charge in [-0.1, -0.05) is 18.2 Å². The Balaban J connectivity index is 1.70. The smallest absolute Gasteiger partial charge is 0.416 e. The third kappa shape index (κ3) is 5.84. The first-order valence-electron chi connectivity index (χ1n) is 11.0. The molecule has 1 unspecified atom stereocenters. The molecule has 1 atom stereocenters. The molecule has 1 N–H and O–H groups in total. The average molecular weight is 504 g/mol. The van der Waals surface area contributed by atoms with E-state index in [-0.39, 0.29) is 11.8 Å². The molecule has 0 aliphatic carbocycles. The molecular formula is C24H24F3N5O2S. The third-order valence-corrected chi connectivity index (χ3v) is 6.06. The van der Waals surface area contributed by atoms with E-state index in [1.54, 1.807) is 12.1 Å². The summed E-state index contributed by atoms with van der Waals surface area (Å²) in [7, 11) is 1.42. The molecule has 3 aromatic rings. The number of halogens is 3. The highest BCUT2D eigenvalue weighted by Gasteiger charge is 2.31. The van der Waals surface area contributed by atoms with Gasteiger partial charge in [0.1, 0.15) is 11.6 Å². The number of benzene rings is 1. The van der Waals surface area contributed by atoms with Crippen LogP contribution in [0.25, 0.3) is 11.3 Å². The van der Waals surface area contributed by atoms with Gasteiger partial charge in [-0.15, -0.1) is 0 Å². The Hall–Kier alpha value is -3.34. The molecule has 1 aliphatic rings. The highest BCUT2D eigenvalue weighted by Crippen LogP contribution is 2.35. The van der Waals surface area contributed by atoms with Crippen molar-refractivity contribution in [2.75, 3.05) is 29.6 Å². The van der Waals surface area contributed by atoms with Gasteiger partial charge in [0.15, 0.2) is 0 Å². The molecule has 7 nitrogen and oxygen atoms in total. The number of thiol groups is 1. The SMILES string of the molecule is COc1nccc(NC(=O)N2CCC(CCS)Cc3ccc(-c4cccc(C(F)(F)F)c4)nc32)n1. The van der Waals surface area contributed by atoms with Gasteiger partial charge in [0, 0.05) is 18.3 Å². The quantitative estimate of drug-likeness (QED) is 0.451. The number of ether oxygens (including phenoxy) is 1. The zero-order valence-electron chi connectivity index (χ0n) is 18.9. The van der Waals surface area contributed by atoms with E-state index in [4.69, 9.17) is 4.74 Å². The van der Waals surface area contributed by atoms with Crippen LogP contribution in [0.2, 0.25) is 0 Å². The molecule has 2 aromatic heterocycles. The largest absolute Gasteiger partial charge is 0.467 e. The Morgan fingerprint density at radius 2 is 2.06 bits per heavy atom. The molecule has 0 saturated heterocycles. The summed E-state index contributed by atoms with van der Waals surface area (Å²) in [5.74, 6) is 1.68. The summed E-state index contributed by atoms with van der Waals surface area (Å²) in [4.78, 5) is 27.5. The minimum absolute atomic E-state index is 0.109. The number of carbonyl (C=O) groups excluding carboxylic acids is 1. The first kappa shape index (κ1) is 24.8. The van der Waals surface area contributed by atoms with Crippen molar-refractivity contribution < 1.29 is 22.7 Å². The fourth-order valence-electron chi connectivity index (χ4n) is 4.03. The van der Waals surface area contributed by atoms with Crippen LogP contribution in [0.5, 0.6) is 6.01 Å². The maximum Gasteiger partial charge on any atom is 0.416 e. The predicted octanol–water partition coefficient (Wildman–Crippen LogP) is 5.49. The fourth-order valence-corrected chi connectivity index (χ4v) is 4.39. The Bertz CT molecular complexity index is 1210. The molecule has 2 amide bonds. The van der Waals surface area contributed by atoms with Crippen LogP contribution in [0.15, 0.2) is 48.7 Å². The van der Waals surface area contributed by atoms with Crippen molar-refractivity contribution in [3.8, 4) is 17.3 Å². The molecule has 0 saturated carbocycles. The van der Waals surface area contributed by atoms with Gasteiger partial charge in [-0.2, -0.15) is 30.8 Å². The van der Waals surface area contributed by atoms with Gasteiger partial charge in [0.25, 0.3) is 0 Å². The molecule has 0 radical (unpaired) electrons. The molecule has 35 heavy (non-hydrogen) atoms. The zero-order chi connectivity index (χ0) is 25.0. The van der Waals surface area contributed by atoms with Gasteiger partial charge in [-0.25, -0.2) is 14.8 Å². The number of nitrogens with one attached hydrogen (secondary N) is 1. The van der Waals surface area contributed by atoms with Gasteiger partial charge in [0.2, 0.25) is 0 Å². The number of amides is 2. The van der Waals surface area contributed by atoms with Crippen molar-refractivity contribution in [3.63, 3.8) is 0 Å². The summed E-state index contributed by atoms with van der Waals surface area (Å²) < 4.78 is 44.8. The van der Waals surface area contributed by atoms with Crippen LogP contribution < -0.4 is 15.0 Å². The summed E-state index contributed by atoms with van der Waals surface area (Å²) in [5, 5.41) is 2.74. The zero-order valence-corrected chi connectivity index (χ0v) is 19.8. The van der Waals surface area contributed by atoms with Crippen LogP contribution in [0.3, 0.4) is 0 Å². The van der Waals surface area contributed by atoms with Gasteiger partial charge in [0.05, 0.1) is 18.4 Å². The van der Waals surface area contributed by atoms with E-state index < -0.39 is 17.8 Å². The molecule has 184 valence electrons. The van der Waals surface area contributed by atoms with Gasteiger partial charge in [-0.3, -0.25) is 10.2 Å². The molecule has 1 aliphatic heterocycles. The second kappa shape index (κ2) is 10.5. The number of carbonyl (C=O) groups is 1. The number of rotatable bonds is 5. The number of hydrogen-bond donors (Lipinski definition) is 2. The lowest BCUT2D eigenvalue weighted by Gasteiger charge is -2.23. The number of alkyl halides is 3. The topological polar surface area (TPSA) is 80.2 Å². The number of pyridine rings is 1. The van der Waals surface area contributed by atoms with Crippen LogP contribution in [0.4, 0.5) is 29.6 Å². The van der Waals surface area contributed by atoms with Gasteiger partial charge < -0.3 is 4.74 Å². The predicted molar refractivity (Wildman–Crippen MR) is 130 cm³/mol. The Kier molecular flexibility index (Phi) is 7.44. The molecule has 1 aromatic carbocycles. The van der Waals surface area contributed by atoms with E-state index in [1.807, 2.05) is 6.07 Å². The van der Waals surface area contributed by atoms with E-state index in [9.17, 15) is 18.0 Å². The molecule has 0 bridgehead atoms. The monoisotopic (exact) mass is 503 g/mol. The molecule has 0 spiro atoms. The van der Waals surface area contributed by atoms with Crippen LogP contribution in [0.1, 0.15) is 24.0 Å². The Morgan fingerprint density at radius 1 is 1.23 bits per heavy atom. The van der Waals surface area contributed by atoms with E-state index in [1.165, 1.54) is 30.3 Å².